The molecule has 11 nitrogen and oxygen atoms in total. The van der Waals surface area contributed by atoms with Crippen molar-refractivity contribution < 1.29 is 52.3 Å². The minimum absolute atomic E-state index is 0.0519. The van der Waals surface area contributed by atoms with E-state index in [1.54, 1.807) is 26.0 Å². The first-order valence-electron chi connectivity index (χ1n) is 19.8. The maximum atomic E-state index is 13.4. The van der Waals surface area contributed by atoms with E-state index in [4.69, 9.17) is 37.9 Å². The van der Waals surface area contributed by atoms with Crippen LogP contribution in [-0.4, -0.2) is 92.9 Å². The number of allylic oxidation sites excluding steroid dienone is 5. The van der Waals surface area contributed by atoms with Crippen LogP contribution in [0, 0.1) is 17.8 Å². The third-order valence-corrected chi connectivity index (χ3v) is 9.53. The van der Waals surface area contributed by atoms with Crippen molar-refractivity contribution in [3.8, 4) is 0 Å². The third-order valence-electron chi connectivity index (χ3n) is 9.53. The number of carbonyl (C=O) groups is 3. The van der Waals surface area contributed by atoms with Crippen LogP contribution in [-0.2, 0) is 52.3 Å². The van der Waals surface area contributed by atoms with Crippen LogP contribution in [0.3, 0.4) is 0 Å². The normalized spacial score (nSPS) is 22.0. The van der Waals surface area contributed by atoms with Crippen molar-refractivity contribution in [1.82, 2.24) is 0 Å². The lowest BCUT2D eigenvalue weighted by Crippen LogP contribution is -2.47. The number of hydrogen-bond acceptors (Lipinski definition) is 11. The van der Waals surface area contributed by atoms with Crippen LogP contribution in [0.5, 0.6) is 0 Å². The van der Waals surface area contributed by atoms with Gasteiger partial charge in [-0.1, -0.05) is 58.9 Å². The molecule has 0 aromatic heterocycles. The van der Waals surface area contributed by atoms with Crippen LogP contribution < -0.4 is 0 Å². The van der Waals surface area contributed by atoms with Gasteiger partial charge in [-0.05, 0) is 98.1 Å². The van der Waals surface area contributed by atoms with Crippen molar-refractivity contribution in [2.24, 2.45) is 17.8 Å². The Morgan fingerprint density at radius 3 is 2.08 bits per heavy atom. The van der Waals surface area contributed by atoms with Crippen molar-refractivity contribution >= 4 is 17.7 Å². The van der Waals surface area contributed by atoms with Crippen molar-refractivity contribution in [2.45, 2.75) is 171 Å². The fourth-order valence-corrected chi connectivity index (χ4v) is 6.42. The largest absolute Gasteiger partial charge is 0.461 e. The zero-order valence-electron chi connectivity index (χ0n) is 35.0. The van der Waals surface area contributed by atoms with Crippen LogP contribution in [0.25, 0.3) is 0 Å². The molecule has 1 rings (SSSR count). The van der Waals surface area contributed by atoms with Gasteiger partial charge in [0.15, 0.2) is 18.4 Å². The van der Waals surface area contributed by atoms with E-state index in [0.29, 0.717) is 44.7 Å². The Bertz CT molecular complexity index is 1170. The van der Waals surface area contributed by atoms with E-state index >= 15 is 0 Å². The number of esters is 2. The summed E-state index contributed by atoms with van der Waals surface area (Å²) in [7, 11) is 0. The summed E-state index contributed by atoms with van der Waals surface area (Å²) in [5, 5.41) is 0. The Morgan fingerprint density at radius 2 is 1.49 bits per heavy atom. The Hall–Kier alpha value is -2.41. The summed E-state index contributed by atoms with van der Waals surface area (Å²) in [6.45, 7) is 25.9. The van der Waals surface area contributed by atoms with Gasteiger partial charge in [-0.25, -0.2) is 4.79 Å². The SMILES string of the molecule is CCOCC(=O)OC(CC)CCC(C)(OC(C)OCC)C(/C=C/C(C)C(=O)/C(C)=C/C=C/C(C)CC1OC1C(C)C(CC)OC(C)OCC)OC(C)=O. The van der Waals surface area contributed by atoms with E-state index in [-0.39, 0.29) is 54.9 Å². The highest BCUT2D eigenvalue weighted by Gasteiger charge is 2.46. The van der Waals surface area contributed by atoms with E-state index in [9.17, 15) is 14.4 Å². The Balaban J connectivity index is 2.97. The number of rotatable bonds is 29. The molecular formula is C42H72O11. The van der Waals surface area contributed by atoms with Crippen molar-refractivity contribution in [3.63, 3.8) is 0 Å². The first-order chi connectivity index (χ1) is 25.0. The maximum absolute atomic E-state index is 13.4. The lowest BCUT2D eigenvalue weighted by Gasteiger charge is -2.38. The summed E-state index contributed by atoms with van der Waals surface area (Å²) < 4.78 is 46.4. The van der Waals surface area contributed by atoms with E-state index in [2.05, 4.69) is 26.8 Å². The third kappa shape index (κ3) is 18.7. The van der Waals surface area contributed by atoms with E-state index in [1.807, 2.05) is 60.6 Å². The number of ketones is 1. The van der Waals surface area contributed by atoms with Crippen LogP contribution in [0.15, 0.2) is 36.0 Å². The van der Waals surface area contributed by atoms with Gasteiger partial charge in [0.2, 0.25) is 0 Å². The number of hydrogen-bond donors (Lipinski definition) is 0. The van der Waals surface area contributed by atoms with Gasteiger partial charge in [-0.2, -0.15) is 0 Å². The lowest BCUT2D eigenvalue weighted by molar-refractivity contribution is -0.227. The number of carbonyl (C=O) groups excluding carboxylic acids is 3. The van der Waals surface area contributed by atoms with Gasteiger partial charge in [0.05, 0.1) is 18.3 Å². The Labute approximate surface area is 320 Å². The molecule has 0 spiro atoms. The zero-order chi connectivity index (χ0) is 40.1. The predicted octanol–water partition coefficient (Wildman–Crippen LogP) is 8.09. The number of ether oxygens (including phenoxy) is 8. The molecule has 0 saturated carbocycles. The summed E-state index contributed by atoms with van der Waals surface area (Å²) >= 11 is 0. The molecule has 0 aliphatic carbocycles. The molecule has 1 heterocycles. The molecular weight excluding hydrogens is 680 g/mol. The predicted molar refractivity (Wildman–Crippen MR) is 206 cm³/mol. The molecule has 0 bridgehead atoms. The number of Topliss-reactive ketones (excluding diaryl/α,β-unsaturated/α-hetero) is 1. The molecule has 0 aromatic rings. The highest BCUT2D eigenvalue weighted by atomic mass is 16.7. The summed E-state index contributed by atoms with van der Waals surface area (Å²) in [4.78, 5) is 38.0. The molecule has 0 radical (unpaired) electrons. The van der Waals surface area contributed by atoms with Crippen LogP contribution in [0.2, 0.25) is 0 Å². The van der Waals surface area contributed by atoms with E-state index in [0.717, 1.165) is 12.8 Å². The van der Waals surface area contributed by atoms with Crippen LogP contribution in [0.1, 0.15) is 122 Å². The van der Waals surface area contributed by atoms with E-state index in [1.165, 1.54) is 6.92 Å². The molecule has 0 amide bonds. The smallest absolute Gasteiger partial charge is 0.332 e. The molecule has 1 fully saturated rings. The maximum Gasteiger partial charge on any atom is 0.332 e. The molecule has 1 saturated heterocycles. The first kappa shape index (κ1) is 48.6. The van der Waals surface area contributed by atoms with Gasteiger partial charge in [0.25, 0.3) is 0 Å². The molecule has 11 unspecified atom stereocenters. The average molecular weight is 753 g/mol. The quantitative estimate of drug-likeness (QED) is 0.0184. The summed E-state index contributed by atoms with van der Waals surface area (Å²) in [5.41, 5.74) is -0.448. The summed E-state index contributed by atoms with van der Waals surface area (Å²) in [6, 6.07) is 0. The van der Waals surface area contributed by atoms with Crippen molar-refractivity contribution in [3.05, 3.63) is 36.0 Å². The first-order valence-corrected chi connectivity index (χ1v) is 19.8. The van der Waals surface area contributed by atoms with Gasteiger partial charge in [0.1, 0.15) is 24.4 Å². The second-order valence-corrected chi connectivity index (χ2v) is 14.3. The minimum Gasteiger partial charge on any atom is -0.461 e. The highest BCUT2D eigenvalue weighted by Crippen LogP contribution is 2.38. The van der Waals surface area contributed by atoms with Gasteiger partial charge in [0, 0.05) is 38.6 Å². The molecule has 306 valence electrons. The average Bonchev–Trinajstić information content (AvgIpc) is 3.87. The van der Waals surface area contributed by atoms with Crippen LogP contribution >= 0.6 is 0 Å². The monoisotopic (exact) mass is 753 g/mol. The molecule has 0 aromatic carbocycles. The molecule has 11 heteroatoms. The lowest BCUT2D eigenvalue weighted by atomic mass is 9.89. The second-order valence-electron chi connectivity index (χ2n) is 14.3. The summed E-state index contributed by atoms with van der Waals surface area (Å²) in [6.07, 6.45) is 10.9. The molecule has 0 N–H and O–H groups in total. The molecule has 11 atom stereocenters. The van der Waals surface area contributed by atoms with Crippen LogP contribution in [0.4, 0.5) is 0 Å². The molecule has 53 heavy (non-hydrogen) atoms. The molecule has 1 aliphatic rings. The Kier molecular flexibility index (Phi) is 23.5. The number of epoxide rings is 1. The zero-order valence-corrected chi connectivity index (χ0v) is 35.0. The second kappa shape index (κ2) is 25.6. The highest BCUT2D eigenvalue weighted by molar-refractivity contribution is 5.97. The fourth-order valence-electron chi connectivity index (χ4n) is 6.42. The topological polar surface area (TPSA) is 128 Å². The van der Waals surface area contributed by atoms with Gasteiger partial charge in [-0.15, -0.1) is 0 Å². The standard InChI is InChI=1S/C42H72O11/c1-14-35(51-39(44)27-46-16-3)24-25-42(13,53-34(12)48-18-5)38(49-32(10)43)23-22-30(8)40(45)29(7)21-19-20-28(6)26-37-41(52-37)31(9)36(15-2)50-33(11)47-17-4/h19-23,28,30-31,33-38,41H,14-18,24-27H2,1-13H3/b20-19+,23-22+,29-21+. The molecule has 1 aliphatic heterocycles. The van der Waals surface area contributed by atoms with Crippen molar-refractivity contribution in [2.75, 3.05) is 26.4 Å². The van der Waals surface area contributed by atoms with E-state index < -0.39 is 35.9 Å². The minimum atomic E-state index is -1.06. The van der Waals surface area contributed by atoms with Gasteiger partial charge >= 0.3 is 11.9 Å². The van der Waals surface area contributed by atoms with Gasteiger partial charge < -0.3 is 37.9 Å². The van der Waals surface area contributed by atoms with Gasteiger partial charge in [-0.3, -0.25) is 9.59 Å². The van der Waals surface area contributed by atoms with Crippen molar-refractivity contribution in [1.29, 1.82) is 0 Å². The summed E-state index contributed by atoms with van der Waals surface area (Å²) in [5.74, 6) is -0.943. The fraction of sp³-hybridized carbons (Fsp3) is 0.786. The Morgan fingerprint density at radius 1 is 0.830 bits per heavy atom.